The number of esters is 3. The lowest BCUT2D eigenvalue weighted by atomic mass is 9.77. The molecule has 5 aromatic carbocycles. The Bertz CT molecular complexity index is 1870. The maximum absolute atomic E-state index is 13.2. The van der Waals surface area contributed by atoms with Crippen LogP contribution in [0, 0.1) is 0 Å². The van der Waals surface area contributed by atoms with Gasteiger partial charge in [-0.1, -0.05) is 78.9 Å². The van der Waals surface area contributed by atoms with Crippen molar-refractivity contribution >= 4 is 17.9 Å². The normalized spacial score (nSPS) is 13.4. The lowest BCUT2D eigenvalue weighted by Gasteiger charge is -2.36. The van der Waals surface area contributed by atoms with E-state index in [1.165, 1.54) is 11.1 Å². The molecule has 0 fully saturated rings. The fraction of sp³-hybridized carbons (Fsp3) is 0.214. The van der Waals surface area contributed by atoms with Crippen molar-refractivity contribution in [2.45, 2.75) is 57.0 Å². The van der Waals surface area contributed by atoms with Crippen LogP contribution in [-0.2, 0) is 32.8 Å². The number of unbranched alkanes of at least 4 members (excludes halogenated alkanes) is 2. The van der Waals surface area contributed by atoms with Crippen LogP contribution in [0.25, 0.3) is 0 Å². The largest absolute Gasteiger partial charge is 0.456 e. The Morgan fingerprint density at radius 3 is 1.57 bits per heavy atom. The summed E-state index contributed by atoms with van der Waals surface area (Å²) in [6.45, 7) is 0. The molecule has 7 heteroatoms. The van der Waals surface area contributed by atoms with E-state index in [-0.39, 0.29) is 24.8 Å². The van der Waals surface area contributed by atoms with Crippen LogP contribution in [0.15, 0.2) is 121 Å². The third kappa shape index (κ3) is 6.83. The van der Waals surface area contributed by atoms with Crippen LogP contribution in [-0.4, -0.2) is 17.9 Å². The number of carbonyl (C=O) groups excluding carboxylic acids is 3. The van der Waals surface area contributed by atoms with Crippen molar-refractivity contribution in [3.05, 3.63) is 155 Å². The van der Waals surface area contributed by atoms with Crippen molar-refractivity contribution in [2.75, 3.05) is 0 Å². The summed E-state index contributed by atoms with van der Waals surface area (Å²) in [7, 11) is 0. The molecule has 0 atom stereocenters. The quantitative estimate of drug-likeness (QED) is 0.0756. The molecule has 2 aliphatic rings. The number of benzene rings is 5. The molecule has 246 valence electrons. The van der Waals surface area contributed by atoms with Crippen LogP contribution in [0.3, 0.4) is 0 Å². The summed E-state index contributed by atoms with van der Waals surface area (Å²) in [5, 5.41) is 0. The van der Waals surface area contributed by atoms with Gasteiger partial charge in [0.05, 0.1) is 5.56 Å². The van der Waals surface area contributed by atoms with Crippen molar-refractivity contribution in [1.29, 1.82) is 0 Å². The number of carbonyl (C=O) groups is 3. The smallest absolute Gasteiger partial charge is 0.340 e. The molecule has 0 aliphatic carbocycles. The highest BCUT2D eigenvalue weighted by atomic mass is 16.6. The highest BCUT2D eigenvalue weighted by molar-refractivity contribution is 5.97. The molecule has 2 heterocycles. The molecular weight excluding hydrogens is 616 g/mol. The summed E-state index contributed by atoms with van der Waals surface area (Å²) >= 11 is 0. The first-order chi connectivity index (χ1) is 24.0. The van der Waals surface area contributed by atoms with Crippen LogP contribution in [0.4, 0.5) is 0 Å². The monoisotopic (exact) mass is 652 g/mol. The Kier molecular flexibility index (Phi) is 9.24. The summed E-state index contributed by atoms with van der Waals surface area (Å²) in [5.74, 6) is 0.254. The van der Waals surface area contributed by atoms with Crippen LogP contribution in [0.2, 0.25) is 0 Å². The van der Waals surface area contributed by atoms with Gasteiger partial charge in [0.15, 0.2) is 5.60 Å². The Morgan fingerprint density at radius 2 is 1.04 bits per heavy atom. The molecular formula is C42H36O7. The average molecular weight is 653 g/mol. The maximum atomic E-state index is 13.2. The lowest BCUT2D eigenvalue weighted by Crippen LogP contribution is -2.33. The molecule has 0 N–H and O–H groups in total. The molecule has 5 aromatic rings. The van der Waals surface area contributed by atoms with Gasteiger partial charge in [0.1, 0.15) is 23.0 Å². The summed E-state index contributed by atoms with van der Waals surface area (Å²) in [6, 6.07) is 37.8. The zero-order chi connectivity index (χ0) is 33.6. The maximum Gasteiger partial charge on any atom is 0.340 e. The van der Waals surface area contributed by atoms with Gasteiger partial charge in [-0.15, -0.1) is 0 Å². The van der Waals surface area contributed by atoms with Crippen LogP contribution in [0.1, 0.15) is 76.7 Å². The molecule has 0 amide bonds. The standard InChI is InChI=1S/C42H36O7/c43-39(21-11-7-17-29-13-3-1-4-14-29)46-31-23-25-35-37(27-31)48-38-28-32(47-40(44)22-12-8-18-30-15-5-2-6-16-30)24-26-36(38)42(35)34-20-10-9-19-33(34)41(45)49-42/h1-6,9-10,13-16,19-20,23-28H,7-8,11-12,17-18,21-22H2. The van der Waals surface area contributed by atoms with E-state index in [2.05, 4.69) is 24.3 Å². The van der Waals surface area contributed by atoms with Gasteiger partial charge in [-0.2, -0.15) is 0 Å². The van der Waals surface area contributed by atoms with Gasteiger partial charge in [-0.3, -0.25) is 9.59 Å². The second kappa shape index (κ2) is 14.2. The molecule has 1 spiro atoms. The van der Waals surface area contributed by atoms with Crippen molar-refractivity contribution < 1.29 is 33.3 Å². The van der Waals surface area contributed by atoms with Gasteiger partial charge in [0.2, 0.25) is 0 Å². The van der Waals surface area contributed by atoms with Gasteiger partial charge < -0.3 is 18.9 Å². The van der Waals surface area contributed by atoms with Crippen LogP contribution < -0.4 is 14.2 Å². The molecule has 0 unspecified atom stereocenters. The van der Waals surface area contributed by atoms with Gasteiger partial charge in [-0.05, 0) is 80.0 Å². The van der Waals surface area contributed by atoms with Gasteiger partial charge in [-0.25, -0.2) is 4.79 Å². The Morgan fingerprint density at radius 1 is 0.551 bits per heavy atom. The van der Waals surface area contributed by atoms with Crippen LogP contribution >= 0.6 is 0 Å². The second-order valence-electron chi connectivity index (χ2n) is 12.4. The third-order valence-electron chi connectivity index (χ3n) is 9.00. The van der Waals surface area contributed by atoms with Gasteiger partial charge in [0, 0.05) is 41.7 Å². The zero-order valence-electron chi connectivity index (χ0n) is 27.1. The topological polar surface area (TPSA) is 88.1 Å². The minimum atomic E-state index is -1.30. The average Bonchev–Trinajstić information content (AvgIpc) is 3.41. The number of ether oxygens (including phenoxy) is 4. The van der Waals surface area contributed by atoms with Crippen LogP contribution in [0.5, 0.6) is 23.0 Å². The number of hydrogen-bond donors (Lipinski definition) is 0. The first-order valence-corrected chi connectivity index (χ1v) is 16.8. The third-order valence-corrected chi connectivity index (χ3v) is 9.00. The Hall–Kier alpha value is -5.69. The van der Waals surface area contributed by atoms with E-state index in [9.17, 15) is 14.4 Å². The molecule has 0 radical (unpaired) electrons. The van der Waals surface area contributed by atoms with Crippen molar-refractivity contribution in [2.24, 2.45) is 0 Å². The highest BCUT2D eigenvalue weighted by Crippen LogP contribution is 2.57. The molecule has 0 bridgehead atoms. The summed E-state index contributed by atoms with van der Waals surface area (Å²) in [4.78, 5) is 38.8. The van der Waals surface area contributed by atoms with Crippen molar-refractivity contribution in [3.63, 3.8) is 0 Å². The van der Waals surface area contributed by atoms with E-state index in [0.717, 1.165) is 25.7 Å². The zero-order valence-corrected chi connectivity index (χ0v) is 27.1. The number of fused-ring (bicyclic) bond motifs is 6. The molecule has 7 rings (SSSR count). The number of aryl methyl sites for hydroxylation is 2. The molecule has 0 aromatic heterocycles. The van der Waals surface area contributed by atoms with Crippen molar-refractivity contribution in [1.82, 2.24) is 0 Å². The summed E-state index contributed by atoms with van der Waals surface area (Å²) in [6.07, 6.45) is 5.50. The van der Waals surface area contributed by atoms with E-state index >= 15 is 0 Å². The van der Waals surface area contributed by atoms with E-state index in [1.807, 2.05) is 48.5 Å². The molecule has 0 saturated heterocycles. The molecule has 7 nitrogen and oxygen atoms in total. The first-order valence-electron chi connectivity index (χ1n) is 16.8. The summed E-state index contributed by atoms with van der Waals surface area (Å²) in [5.41, 5.74) is 3.52. The minimum Gasteiger partial charge on any atom is -0.456 e. The van der Waals surface area contributed by atoms with Crippen molar-refractivity contribution in [3.8, 4) is 23.0 Å². The summed E-state index contributed by atoms with van der Waals surface area (Å²) < 4.78 is 24.0. The van der Waals surface area contributed by atoms with E-state index in [4.69, 9.17) is 18.9 Å². The Labute approximate surface area is 285 Å². The Balaban J connectivity index is 1.08. The second-order valence-corrected chi connectivity index (χ2v) is 12.4. The van der Waals surface area contributed by atoms with E-state index < -0.39 is 11.6 Å². The molecule has 49 heavy (non-hydrogen) atoms. The fourth-order valence-electron chi connectivity index (χ4n) is 6.61. The molecule has 0 saturated carbocycles. The van der Waals surface area contributed by atoms with E-state index in [1.54, 1.807) is 48.5 Å². The predicted molar refractivity (Wildman–Crippen MR) is 184 cm³/mol. The van der Waals surface area contributed by atoms with Gasteiger partial charge in [0.25, 0.3) is 0 Å². The number of hydrogen-bond acceptors (Lipinski definition) is 7. The highest BCUT2D eigenvalue weighted by Gasteiger charge is 2.53. The molecule has 2 aliphatic heterocycles. The number of rotatable bonds is 12. The fourth-order valence-corrected chi connectivity index (χ4v) is 6.61. The minimum absolute atomic E-state index is 0.281. The predicted octanol–water partition coefficient (Wildman–Crippen LogP) is 8.89. The lowest BCUT2D eigenvalue weighted by molar-refractivity contribution is -0.135. The van der Waals surface area contributed by atoms with Gasteiger partial charge >= 0.3 is 17.9 Å². The van der Waals surface area contributed by atoms with E-state index in [0.29, 0.717) is 58.1 Å². The first kappa shape index (κ1) is 31.9. The SMILES string of the molecule is O=C(CCCCc1ccccc1)Oc1ccc2c(c1)Oc1cc(OC(=O)CCCCc3ccccc3)ccc1C21OC(=O)c2ccccc21.